The molecule has 3 heteroatoms. The van der Waals surface area contributed by atoms with Crippen LogP contribution in [0.5, 0.6) is 0 Å². The molecule has 14 heavy (non-hydrogen) atoms. The Bertz CT molecular complexity index is 385. The number of hydrogen-bond donors (Lipinski definition) is 2. The molecule has 1 aliphatic rings. The average Bonchev–Trinajstić information content (AvgIpc) is 2.39. The van der Waals surface area contributed by atoms with Crippen LogP contribution in [0.4, 0.5) is 11.4 Å². The van der Waals surface area contributed by atoms with Gasteiger partial charge in [0.05, 0.1) is 5.92 Å². The number of carbonyl (C=O) groups excluding carboxylic acids is 1. The van der Waals surface area contributed by atoms with Crippen LogP contribution in [0.15, 0.2) is 18.2 Å². The minimum atomic E-state index is -0.0226. The molecule has 1 atom stereocenters. The van der Waals surface area contributed by atoms with Crippen LogP contribution in [0.2, 0.25) is 0 Å². The maximum atomic E-state index is 11.6. The number of amides is 1. The molecule has 2 rings (SSSR count). The Balaban J connectivity index is 2.48. The quantitative estimate of drug-likeness (QED) is 0.665. The first-order valence-electron chi connectivity index (χ1n) is 4.80. The van der Waals surface area contributed by atoms with E-state index in [0.717, 1.165) is 11.3 Å². The smallest absolute Gasteiger partial charge is 0.232 e. The molecule has 1 unspecified atom stereocenters. The van der Waals surface area contributed by atoms with Crippen molar-refractivity contribution in [2.75, 3.05) is 11.1 Å². The van der Waals surface area contributed by atoms with E-state index in [1.54, 1.807) is 0 Å². The van der Waals surface area contributed by atoms with Gasteiger partial charge in [-0.15, -0.1) is 0 Å². The molecule has 1 amide bonds. The fourth-order valence-corrected chi connectivity index (χ4v) is 1.97. The summed E-state index contributed by atoms with van der Waals surface area (Å²) in [5.74, 6) is 0.381. The summed E-state index contributed by atoms with van der Waals surface area (Å²) in [5, 5.41) is 2.85. The lowest BCUT2D eigenvalue weighted by molar-refractivity contribution is -0.117. The summed E-state index contributed by atoms with van der Waals surface area (Å²) in [7, 11) is 0. The van der Waals surface area contributed by atoms with Crippen molar-refractivity contribution >= 4 is 17.3 Å². The summed E-state index contributed by atoms with van der Waals surface area (Å²) >= 11 is 0. The summed E-state index contributed by atoms with van der Waals surface area (Å²) in [4.78, 5) is 11.6. The first-order chi connectivity index (χ1) is 6.59. The Kier molecular flexibility index (Phi) is 1.95. The van der Waals surface area contributed by atoms with E-state index < -0.39 is 0 Å². The van der Waals surface area contributed by atoms with Crippen LogP contribution in [-0.4, -0.2) is 5.91 Å². The van der Waals surface area contributed by atoms with Crippen LogP contribution < -0.4 is 11.1 Å². The molecular formula is C11H14N2O. The molecule has 0 saturated carbocycles. The van der Waals surface area contributed by atoms with Gasteiger partial charge in [0.1, 0.15) is 0 Å². The predicted octanol–water partition coefficient (Wildman–Crippen LogP) is 1.96. The Morgan fingerprint density at radius 1 is 1.43 bits per heavy atom. The van der Waals surface area contributed by atoms with Gasteiger partial charge in [0.15, 0.2) is 0 Å². The highest BCUT2D eigenvalue weighted by molar-refractivity contribution is 6.03. The molecule has 0 spiro atoms. The van der Waals surface area contributed by atoms with Crippen LogP contribution in [0.25, 0.3) is 0 Å². The van der Waals surface area contributed by atoms with Crippen molar-refractivity contribution in [2.45, 2.75) is 19.8 Å². The second-order valence-corrected chi connectivity index (χ2v) is 4.06. The standard InChI is InChI=1S/C11H14N2O/c1-6(2)10-8-4-3-7(12)5-9(8)13-11(10)14/h3-6,10H,12H2,1-2H3,(H,13,14). The van der Waals surface area contributed by atoms with Crippen LogP contribution in [0, 0.1) is 5.92 Å². The third-order valence-corrected chi connectivity index (χ3v) is 2.62. The van der Waals surface area contributed by atoms with Crippen molar-refractivity contribution in [1.82, 2.24) is 0 Å². The minimum absolute atomic E-state index is 0.0226. The molecule has 0 bridgehead atoms. The van der Waals surface area contributed by atoms with Crippen molar-refractivity contribution in [2.24, 2.45) is 5.92 Å². The molecule has 74 valence electrons. The predicted molar refractivity (Wildman–Crippen MR) is 57.1 cm³/mol. The normalized spacial score (nSPS) is 19.6. The van der Waals surface area contributed by atoms with Crippen molar-refractivity contribution in [3.05, 3.63) is 23.8 Å². The zero-order valence-electron chi connectivity index (χ0n) is 8.37. The Morgan fingerprint density at radius 2 is 2.14 bits per heavy atom. The van der Waals surface area contributed by atoms with Gasteiger partial charge in [0.2, 0.25) is 5.91 Å². The number of benzene rings is 1. The molecule has 3 N–H and O–H groups in total. The van der Waals surface area contributed by atoms with E-state index in [-0.39, 0.29) is 11.8 Å². The molecular weight excluding hydrogens is 176 g/mol. The SMILES string of the molecule is CC(C)C1C(=O)Nc2cc(N)ccc21. The van der Waals surface area contributed by atoms with Gasteiger partial charge in [-0.05, 0) is 23.6 Å². The number of nitrogens with two attached hydrogens (primary N) is 1. The first-order valence-corrected chi connectivity index (χ1v) is 4.80. The number of nitrogens with one attached hydrogen (secondary N) is 1. The van der Waals surface area contributed by atoms with Gasteiger partial charge in [0, 0.05) is 11.4 Å². The number of fused-ring (bicyclic) bond motifs is 1. The third-order valence-electron chi connectivity index (χ3n) is 2.62. The van der Waals surface area contributed by atoms with Crippen molar-refractivity contribution in [3.63, 3.8) is 0 Å². The Hall–Kier alpha value is -1.51. The van der Waals surface area contributed by atoms with Crippen LogP contribution in [-0.2, 0) is 4.79 Å². The maximum absolute atomic E-state index is 11.6. The molecule has 0 fully saturated rings. The first kappa shape index (κ1) is 9.06. The van der Waals surface area contributed by atoms with Gasteiger partial charge in [-0.2, -0.15) is 0 Å². The number of hydrogen-bond acceptors (Lipinski definition) is 2. The number of nitrogen functional groups attached to an aromatic ring is 1. The van der Waals surface area contributed by atoms with E-state index in [2.05, 4.69) is 19.2 Å². The highest BCUT2D eigenvalue weighted by Gasteiger charge is 2.32. The van der Waals surface area contributed by atoms with Crippen molar-refractivity contribution < 1.29 is 4.79 Å². The molecule has 0 saturated heterocycles. The summed E-state index contributed by atoms with van der Waals surface area (Å²) in [6.07, 6.45) is 0. The molecule has 0 aromatic heterocycles. The summed E-state index contributed by atoms with van der Waals surface area (Å²) in [6.45, 7) is 4.10. The largest absolute Gasteiger partial charge is 0.399 e. The summed E-state index contributed by atoms with van der Waals surface area (Å²) in [6, 6.07) is 5.59. The Morgan fingerprint density at radius 3 is 2.79 bits per heavy atom. The topological polar surface area (TPSA) is 55.1 Å². The molecule has 0 radical (unpaired) electrons. The Labute approximate surface area is 83.3 Å². The van der Waals surface area contributed by atoms with Gasteiger partial charge >= 0.3 is 0 Å². The number of rotatable bonds is 1. The van der Waals surface area contributed by atoms with Gasteiger partial charge in [-0.25, -0.2) is 0 Å². The summed E-state index contributed by atoms with van der Waals surface area (Å²) < 4.78 is 0. The zero-order valence-corrected chi connectivity index (χ0v) is 8.37. The van der Waals surface area contributed by atoms with E-state index >= 15 is 0 Å². The minimum Gasteiger partial charge on any atom is -0.399 e. The van der Waals surface area contributed by atoms with Crippen LogP contribution in [0.3, 0.4) is 0 Å². The van der Waals surface area contributed by atoms with E-state index in [0.29, 0.717) is 11.6 Å². The molecule has 1 heterocycles. The molecule has 3 nitrogen and oxygen atoms in total. The van der Waals surface area contributed by atoms with E-state index in [4.69, 9.17) is 5.73 Å². The fraction of sp³-hybridized carbons (Fsp3) is 0.364. The fourth-order valence-electron chi connectivity index (χ4n) is 1.97. The third kappa shape index (κ3) is 1.25. The molecule has 1 aliphatic heterocycles. The number of anilines is 2. The molecule has 0 aliphatic carbocycles. The lowest BCUT2D eigenvalue weighted by atomic mass is 9.90. The molecule has 1 aromatic rings. The number of carbonyl (C=O) groups is 1. The zero-order chi connectivity index (χ0) is 10.3. The van der Waals surface area contributed by atoms with Gasteiger partial charge in [-0.1, -0.05) is 19.9 Å². The van der Waals surface area contributed by atoms with Crippen LogP contribution in [0.1, 0.15) is 25.3 Å². The maximum Gasteiger partial charge on any atom is 0.232 e. The lowest BCUT2D eigenvalue weighted by Gasteiger charge is -2.12. The average molecular weight is 190 g/mol. The van der Waals surface area contributed by atoms with E-state index in [1.165, 1.54) is 0 Å². The van der Waals surface area contributed by atoms with Crippen molar-refractivity contribution in [1.29, 1.82) is 0 Å². The summed E-state index contributed by atoms with van der Waals surface area (Å²) in [5.41, 5.74) is 8.27. The molecule has 1 aromatic carbocycles. The van der Waals surface area contributed by atoms with E-state index in [1.807, 2.05) is 18.2 Å². The highest BCUT2D eigenvalue weighted by atomic mass is 16.2. The van der Waals surface area contributed by atoms with Gasteiger partial charge in [-0.3, -0.25) is 4.79 Å². The second-order valence-electron chi connectivity index (χ2n) is 4.06. The lowest BCUT2D eigenvalue weighted by Crippen LogP contribution is -2.16. The highest BCUT2D eigenvalue weighted by Crippen LogP contribution is 2.37. The van der Waals surface area contributed by atoms with Gasteiger partial charge < -0.3 is 11.1 Å². The van der Waals surface area contributed by atoms with E-state index in [9.17, 15) is 4.79 Å². The monoisotopic (exact) mass is 190 g/mol. The van der Waals surface area contributed by atoms with Gasteiger partial charge in [0.25, 0.3) is 0 Å². The second kappa shape index (κ2) is 3.01. The van der Waals surface area contributed by atoms with Crippen LogP contribution >= 0.6 is 0 Å². The van der Waals surface area contributed by atoms with Crippen molar-refractivity contribution in [3.8, 4) is 0 Å².